The van der Waals surface area contributed by atoms with Gasteiger partial charge in [-0.1, -0.05) is 19.1 Å². The monoisotopic (exact) mass is 217 g/mol. The zero-order valence-electron chi connectivity index (χ0n) is 8.34. The zero-order valence-corrected chi connectivity index (χ0v) is 8.34. The number of benzene rings is 1. The summed E-state index contributed by atoms with van der Waals surface area (Å²) >= 11 is 0. The Morgan fingerprint density at radius 1 is 1.20 bits per heavy atom. The summed E-state index contributed by atoms with van der Waals surface area (Å²) in [5, 5.41) is 0. The molecular formula is C11H12F3O. The molecular weight excluding hydrogens is 205 g/mol. The third kappa shape index (κ3) is 4.72. The summed E-state index contributed by atoms with van der Waals surface area (Å²) < 4.78 is 39.2. The van der Waals surface area contributed by atoms with E-state index < -0.39 is 6.36 Å². The lowest BCUT2D eigenvalue weighted by Crippen LogP contribution is -2.17. The Hall–Kier alpha value is -1.19. The minimum absolute atomic E-state index is 0.174. The predicted octanol–water partition coefficient (Wildman–Crippen LogP) is 3.74. The lowest BCUT2D eigenvalue weighted by atomic mass is 10.1. The number of hydrogen-bond donors (Lipinski definition) is 0. The first-order chi connectivity index (χ1) is 7.01. The van der Waals surface area contributed by atoms with Crippen molar-refractivity contribution in [3.63, 3.8) is 0 Å². The molecule has 0 atom stereocenters. The number of hydrogen-bond acceptors (Lipinski definition) is 1. The van der Waals surface area contributed by atoms with Gasteiger partial charge in [0.15, 0.2) is 0 Å². The van der Waals surface area contributed by atoms with Crippen molar-refractivity contribution in [3.8, 4) is 5.75 Å². The van der Waals surface area contributed by atoms with Crippen LogP contribution in [0.15, 0.2) is 24.3 Å². The average Bonchev–Trinajstić information content (AvgIpc) is 2.14. The summed E-state index contributed by atoms with van der Waals surface area (Å²) in [6, 6.07) is 5.95. The fraction of sp³-hybridized carbons (Fsp3) is 0.364. The predicted molar refractivity (Wildman–Crippen MR) is 51.4 cm³/mol. The largest absolute Gasteiger partial charge is 0.573 e. The molecule has 0 aromatic heterocycles. The molecule has 1 radical (unpaired) electrons. The third-order valence-electron chi connectivity index (χ3n) is 1.88. The Morgan fingerprint density at radius 3 is 2.27 bits per heavy atom. The van der Waals surface area contributed by atoms with Crippen LogP contribution in [0.1, 0.15) is 18.9 Å². The molecule has 1 rings (SSSR count). The number of unbranched alkanes of at least 4 members (excludes halogenated alkanes) is 1. The molecule has 0 amide bonds. The zero-order chi connectivity index (χ0) is 11.3. The standard InChI is InChI=1S/C11H12F3O/c1-2-3-4-9-5-7-10(8-6-9)15-11(12,13)14/h2,5-8H,3-4H2,1H3. The molecule has 0 heterocycles. The van der Waals surface area contributed by atoms with Crippen LogP contribution in [-0.2, 0) is 6.42 Å². The molecule has 1 nitrogen and oxygen atoms in total. The van der Waals surface area contributed by atoms with Gasteiger partial charge in [-0.25, -0.2) is 0 Å². The number of ether oxygens (including phenoxy) is 1. The van der Waals surface area contributed by atoms with E-state index >= 15 is 0 Å². The Kier molecular flexibility index (Phi) is 4.00. The van der Waals surface area contributed by atoms with Crippen LogP contribution >= 0.6 is 0 Å². The van der Waals surface area contributed by atoms with Gasteiger partial charge in [0.2, 0.25) is 0 Å². The molecule has 0 bridgehead atoms. The van der Waals surface area contributed by atoms with Crippen LogP contribution in [0.4, 0.5) is 13.2 Å². The molecule has 1 aromatic rings. The number of aryl methyl sites for hydroxylation is 1. The fourth-order valence-corrected chi connectivity index (χ4v) is 1.17. The Labute approximate surface area is 86.9 Å². The number of alkyl halides is 3. The highest BCUT2D eigenvalue weighted by Crippen LogP contribution is 2.22. The summed E-state index contributed by atoms with van der Waals surface area (Å²) in [7, 11) is 0. The molecule has 0 saturated carbocycles. The summed E-state index contributed by atoms with van der Waals surface area (Å²) in [6.07, 6.45) is -0.846. The van der Waals surface area contributed by atoms with Gasteiger partial charge >= 0.3 is 6.36 Å². The molecule has 4 heteroatoms. The van der Waals surface area contributed by atoms with E-state index in [1.165, 1.54) is 12.1 Å². The van der Waals surface area contributed by atoms with Gasteiger partial charge in [-0.15, -0.1) is 13.2 Å². The van der Waals surface area contributed by atoms with Crippen molar-refractivity contribution < 1.29 is 17.9 Å². The average molecular weight is 217 g/mol. The van der Waals surface area contributed by atoms with Crippen molar-refractivity contribution in [3.05, 3.63) is 36.2 Å². The summed E-state index contributed by atoms with van der Waals surface area (Å²) in [5.41, 5.74) is 1.00. The van der Waals surface area contributed by atoms with Crippen LogP contribution in [0, 0.1) is 6.42 Å². The van der Waals surface area contributed by atoms with Gasteiger partial charge in [-0.05, 0) is 37.0 Å². The smallest absolute Gasteiger partial charge is 0.406 e. The van der Waals surface area contributed by atoms with Crippen LogP contribution < -0.4 is 4.74 Å². The van der Waals surface area contributed by atoms with Crippen molar-refractivity contribution in [1.82, 2.24) is 0 Å². The maximum atomic E-state index is 11.8. The SMILES string of the molecule is C[CH]CCc1ccc(OC(F)(F)F)cc1. The molecule has 1 aromatic carbocycles. The van der Waals surface area contributed by atoms with Crippen LogP contribution in [0.25, 0.3) is 0 Å². The minimum atomic E-state index is -4.61. The molecule has 0 saturated heterocycles. The van der Waals surface area contributed by atoms with E-state index in [2.05, 4.69) is 4.74 Å². The van der Waals surface area contributed by atoms with E-state index in [0.29, 0.717) is 0 Å². The molecule has 0 N–H and O–H groups in total. The minimum Gasteiger partial charge on any atom is -0.406 e. The fourth-order valence-electron chi connectivity index (χ4n) is 1.17. The maximum Gasteiger partial charge on any atom is 0.573 e. The first-order valence-electron chi connectivity index (χ1n) is 4.64. The van der Waals surface area contributed by atoms with Gasteiger partial charge in [-0.2, -0.15) is 0 Å². The van der Waals surface area contributed by atoms with Crippen LogP contribution in [0.2, 0.25) is 0 Å². The van der Waals surface area contributed by atoms with E-state index in [4.69, 9.17) is 0 Å². The first-order valence-corrected chi connectivity index (χ1v) is 4.64. The van der Waals surface area contributed by atoms with Crippen molar-refractivity contribution in [2.24, 2.45) is 0 Å². The van der Waals surface area contributed by atoms with Gasteiger partial charge in [0, 0.05) is 0 Å². The van der Waals surface area contributed by atoms with E-state index in [-0.39, 0.29) is 5.75 Å². The maximum absolute atomic E-state index is 11.8. The Balaban J connectivity index is 2.56. The van der Waals surface area contributed by atoms with Crippen molar-refractivity contribution in [2.45, 2.75) is 26.1 Å². The number of rotatable bonds is 4. The summed E-state index contributed by atoms with van der Waals surface area (Å²) in [6.45, 7) is 1.95. The molecule has 0 aliphatic carbocycles. The second-order valence-corrected chi connectivity index (χ2v) is 3.14. The van der Waals surface area contributed by atoms with Gasteiger partial charge < -0.3 is 4.74 Å². The highest BCUT2D eigenvalue weighted by atomic mass is 19.4. The second-order valence-electron chi connectivity index (χ2n) is 3.14. The highest BCUT2D eigenvalue weighted by Gasteiger charge is 2.30. The van der Waals surface area contributed by atoms with Gasteiger partial charge in [0.25, 0.3) is 0 Å². The van der Waals surface area contributed by atoms with E-state index in [9.17, 15) is 13.2 Å². The quantitative estimate of drug-likeness (QED) is 0.746. The van der Waals surface area contributed by atoms with Gasteiger partial charge in [-0.3, -0.25) is 0 Å². The van der Waals surface area contributed by atoms with Gasteiger partial charge in [0.05, 0.1) is 0 Å². The molecule has 0 spiro atoms. The molecule has 0 aliphatic heterocycles. The summed E-state index contributed by atoms with van der Waals surface area (Å²) in [4.78, 5) is 0. The molecule has 0 unspecified atom stereocenters. The van der Waals surface area contributed by atoms with Crippen LogP contribution in [-0.4, -0.2) is 6.36 Å². The molecule has 0 fully saturated rings. The molecule has 15 heavy (non-hydrogen) atoms. The Bertz CT molecular complexity index is 290. The normalized spacial score (nSPS) is 11.5. The molecule has 83 valence electrons. The Morgan fingerprint density at radius 2 is 1.80 bits per heavy atom. The van der Waals surface area contributed by atoms with E-state index in [1.54, 1.807) is 12.1 Å². The van der Waals surface area contributed by atoms with Crippen LogP contribution in [0.3, 0.4) is 0 Å². The highest BCUT2D eigenvalue weighted by molar-refractivity contribution is 5.27. The second kappa shape index (κ2) is 5.05. The van der Waals surface area contributed by atoms with Crippen LogP contribution in [0.5, 0.6) is 5.75 Å². The van der Waals surface area contributed by atoms with E-state index in [0.717, 1.165) is 18.4 Å². The summed E-state index contributed by atoms with van der Waals surface area (Å²) in [5.74, 6) is -0.174. The lowest BCUT2D eigenvalue weighted by molar-refractivity contribution is -0.274. The number of halogens is 3. The first kappa shape index (κ1) is 11.9. The van der Waals surface area contributed by atoms with Crippen molar-refractivity contribution in [2.75, 3.05) is 0 Å². The van der Waals surface area contributed by atoms with E-state index in [1.807, 2.05) is 13.3 Å². The molecule has 0 aliphatic rings. The topological polar surface area (TPSA) is 9.23 Å². The third-order valence-corrected chi connectivity index (χ3v) is 1.88. The van der Waals surface area contributed by atoms with Crippen molar-refractivity contribution >= 4 is 0 Å². The van der Waals surface area contributed by atoms with Gasteiger partial charge in [0.1, 0.15) is 5.75 Å². The van der Waals surface area contributed by atoms with Crippen molar-refractivity contribution in [1.29, 1.82) is 0 Å². The lowest BCUT2D eigenvalue weighted by Gasteiger charge is -2.09.